The van der Waals surface area contributed by atoms with Gasteiger partial charge in [0.25, 0.3) is 0 Å². The Balaban J connectivity index is 1.69. The summed E-state index contributed by atoms with van der Waals surface area (Å²) in [7, 11) is 1.38. The third-order valence-corrected chi connectivity index (χ3v) is 7.23. The number of rotatable bonds is 7. The molecule has 0 spiro atoms. The lowest BCUT2D eigenvalue weighted by atomic mass is 10.1. The van der Waals surface area contributed by atoms with E-state index >= 15 is 0 Å². The van der Waals surface area contributed by atoms with E-state index in [0.717, 1.165) is 36.5 Å². The highest BCUT2D eigenvalue weighted by atomic mass is 32.2. The van der Waals surface area contributed by atoms with Crippen LogP contribution < -0.4 is 19.1 Å². The third kappa shape index (κ3) is 4.66. The molecule has 0 unspecified atom stereocenters. The van der Waals surface area contributed by atoms with Crippen molar-refractivity contribution in [1.29, 1.82) is 0 Å². The first-order valence-electron chi connectivity index (χ1n) is 9.58. The van der Waals surface area contributed by atoms with E-state index in [4.69, 9.17) is 14.2 Å². The standard InChI is InChI=1S/C21H28N2O5S/c1-16-5-7-18(8-6-16)29(24,25)23-11-9-22(10-12-23)15-17-13-20(27-3)21(28-4)14-19(17)26-2/h5-8,13-14H,9-12,15H2,1-4H3/p+1. The summed E-state index contributed by atoms with van der Waals surface area (Å²) in [4.78, 5) is 1.65. The molecule has 1 aliphatic heterocycles. The van der Waals surface area contributed by atoms with Gasteiger partial charge in [-0.25, -0.2) is 8.42 Å². The van der Waals surface area contributed by atoms with Crippen LogP contribution in [0.1, 0.15) is 11.1 Å². The van der Waals surface area contributed by atoms with Crippen LogP contribution in [-0.2, 0) is 16.6 Å². The highest BCUT2D eigenvalue weighted by molar-refractivity contribution is 7.89. The molecule has 0 saturated carbocycles. The summed E-state index contributed by atoms with van der Waals surface area (Å²) in [5.41, 5.74) is 2.05. The van der Waals surface area contributed by atoms with E-state index in [9.17, 15) is 8.42 Å². The lowest BCUT2D eigenvalue weighted by Crippen LogP contribution is -3.13. The molecule has 158 valence electrons. The van der Waals surface area contributed by atoms with E-state index in [2.05, 4.69) is 0 Å². The number of quaternary nitrogens is 1. The summed E-state index contributed by atoms with van der Waals surface area (Å²) < 4.78 is 43.6. The predicted octanol–water partition coefficient (Wildman–Crippen LogP) is 1.11. The van der Waals surface area contributed by atoms with E-state index in [1.807, 2.05) is 31.2 Å². The minimum absolute atomic E-state index is 0.355. The largest absolute Gasteiger partial charge is 0.496 e. The summed E-state index contributed by atoms with van der Waals surface area (Å²) in [5, 5.41) is 0. The molecule has 1 heterocycles. The van der Waals surface area contributed by atoms with Crippen molar-refractivity contribution in [2.24, 2.45) is 0 Å². The number of methoxy groups -OCH3 is 3. The number of nitrogens with one attached hydrogen (secondary N) is 1. The predicted molar refractivity (Wildman–Crippen MR) is 110 cm³/mol. The van der Waals surface area contributed by atoms with Crippen molar-refractivity contribution in [2.75, 3.05) is 47.5 Å². The number of piperazine rings is 1. The number of nitrogens with zero attached hydrogens (tertiary/aromatic N) is 1. The van der Waals surface area contributed by atoms with Gasteiger partial charge in [-0.3, -0.25) is 0 Å². The molecule has 1 N–H and O–H groups in total. The monoisotopic (exact) mass is 421 g/mol. The number of sulfonamides is 1. The van der Waals surface area contributed by atoms with Gasteiger partial charge in [0, 0.05) is 6.07 Å². The van der Waals surface area contributed by atoms with Crippen LogP contribution in [0.4, 0.5) is 0 Å². The first-order chi connectivity index (χ1) is 13.9. The Morgan fingerprint density at radius 1 is 0.897 bits per heavy atom. The lowest BCUT2D eigenvalue weighted by Gasteiger charge is -2.32. The number of hydrogen-bond acceptors (Lipinski definition) is 5. The van der Waals surface area contributed by atoms with Crippen LogP contribution in [0.15, 0.2) is 41.3 Å². The molecular weight excluding hydrogens is 392 g/mol. The Labute approximate surface area is 172 Å². The van der Waals surface area contributed by atoms with Crippen molar-refractivity contribution in [3.05, 3.63) is 47.5 Å². The molecule has 0 atom stereocenters. The molecule has 1 aliphatic rings. The normalized spacial score (nSPS) is 15.9. The molecule has 1 fully saturated rings. The molecule has 3 rings (SSSR count). The topological polar surface area (TPSA) is 69.5 Å². The van der Waals surface area contributed by atoms with Gasteiger partial charge in [-0.1, -0.05) is 17.7 Å². The third-order valence-electron chi connectivity index (χ3n) is 5.32. The quantitative estimate of drug-likeness (QED) is 0.725. The Bertz CT molecular complexity index is 936. The van der Waals surface area contributed by atoms with Crippen molar-refractivity contribution in [3.8, 4) is 17.2 Å². The van der Waals surface area contributed by atoms with Crippen LogP contribution in [0.25, 0.3) is 0 Å². The van der Waals surface area contributed by atoms with Crippen LogP contribution in [-0.4, -0.2) is 60.2 Å². The Kier molecular flexibility index (Phi) is 6.66. The Hall–Kier alpha value is -2.29. The fraction of sp³-hybridized carbons (Fsp3) is 0.429. The van der Waals surface area contributed by atoms with E-state index < -0.39 is 10.0 Å². The minimum atomic E-state index is -3.45. The summed E-state index contributed by atoms with van der Waals surface area (Å²) in [5.74, 6) is 2.02. The van der Waals surface area contributed by atoms with E-state index in [-0.39, 0.29) is 0 Å². The molecule has 2 aromatic rings. The van der Waals surface area contributed by atoms with Crippen LogP contribution in [0, 0.1) is 6.92 Å². The maximum atomic E-state index is 12.9. The van der Waals surface area contributed by atoms with Crippen LogP contribution >= 0.6 is 0 Å². The highest BCUT2D eigenvalue weighted by Crippen LogP contribution is 2.34. The van der Waals surface area contributed by atoms with E-state index in [1.54, 1.807) is 37.8 Å². The van der Waals surface area contributed by atoms with Crippen LogP contribution in [0.3, 0.4) is 0 Å². The zero-order valence-electron chi connectivity index (χ0n) is 17.4. The number of hydrogen-bond donors (Lipinski definition) is 1. The molecule has 0 bridgehead atoms. The van der Waals surface area contributed by atoms with Gasteiger partial charge in [0.1, 0.15) is 12.3 Å². The molecule has 0 aromatic heterocycles. The fourth-order valence-electron chi connectivity index (χ4n) is 3.58. The smallest absolute Gasteiger partial charge is 0.243 e. The number of ether oxygens (including phenoxy) is 3. The van der Waals surface area contributed by atoms with Gasteiger partial charge in [0.05, 0.1) is 58.0 Å². The van der Waals surface area contributed by atoms with E-state index in [1.165, 1.54) is 4.90 Å². The first-order valence-corrected chi connectivity index (χ1v) is 11.0. The van der Waals surface area contributed by atoms with Crippen molar-refractivity contribution >= 4 is 10.0 Å². The molecule has 2 aromatic carbocycles. The molecule has 1 saturated heterocycles. The van der Waals surface area contributed by atoms with Gasteiger partial charge in [-0.2, -0.15) is 4.31 Å². The molecule has 8 heteroatoms. The molecule has 7 nitrogen and oxygen atoms in total. The zero-order valence-corrected chi connectivity index (χ0v) is 18.2. The molecule has 0 amide bonds. The average Bonchev–Trinajstić information content (AvgIpc) is 2.74. The molecule has 29 heavy (non-hydrogen) atoms. The van der Waals surface area contributed by atoms with Crippen LogP contribution in [0.2, 0.25) is 0 Å². The van der Waals surface area contributed by atoms with Gasteiger partial charge in [0.2, 0.25) is 10.0 Å². The van der Waals surface area contributed by atoms with Crippen molar-refractivity contribution in [3.63, 3.8) is 0 Å². The van der Waals surface area contributed by atoms with Gasteiger partial charge in [0.15, 0.2) is 11.5 Å². The Morgan fingerprint density at radius 2 is 1.45 bits per heavy atom. The van der Waals surface area contributed by atoms with Crippen molar-refractivity contribution in [2.45, 2.75) is 18.4 Å². The maximum absolute atomic E-state index is 12.9. The van der Waals surface area contributed by atoms with Gasteiger partial charge < -0.3 is 19.1 Å². The second-order valence-corrected chi connectivity index (χ2v) is 9.10. The lowest BCUT2D eigenvalue weighted by molar-refractivity contribution is -0.917. The SMILES string of the molecule is COc1cc(OC)c(OC)cc1C[NH+]1CCN(S(=O)(=O)c2ccc(C)cc2)CC1. The Morgan fingerprint density at radius 3 is 2.00 bits per heavy atom. The second-order valence-electron chi connectivity index (χ2n) is 7.16. The molecule has 0 radical (unpaired) electrons. The summed E-state index contributed by atoms with van der Waals surface area (Å²) in [6, 6.07) is 10.8. The van der Waals surface area contributed by atoms with Crippen molar-refractivity contribution < 1.29 is 27.5 Å². The zero-order chi connectivity index (χ0) is 21.0. The summed E-state index contributed by atoms with van der Waals surface area (Å²) >= 11 is 0. The maximum Gasteiger partial charge on any atom is 0.243 e. The fourth-order valence-corrected chi connectivity index (χ4v) is 5.02. The van der Waals surface area contributed by atoms with E-state index in [0.29, 0.717) is 29.5 Å². The van der Waals surface area contributed by atoms with Gasteiger partial charge in [-0.05, 0) is 25.1 Å². The first kappa shape index (κ1) is 21.4. The van der Waals surface area contributed by atoms with Crippen molar-refractivity contribution in [1.82, 2.24) is 4.31 Å². The molecular formula is C21H29N2O5S+. The molecule has 0 aliphatic carbocycles. The van der Waals surface area contributed by atoms with Gasteiger partial charge >= 0.3 is 0 Å². The minimum Gasteiger partial charge on any atom is -0.496 e. The van der Waals surface area contributed by atoms with Crippen LogP contribution in [0.5, 0.6) is 17.2 Å². The summed E-state index contributed by atoms with van der Waals surface area (Å²) in [6.07, 6.45) is 0. The summed E-state index contributed by atoms with van der Waals surface area (Å²) in [6.45, 7) is 5.09. The second kappa shape index (κ2) is 9.02. The highest BCUT2D eigenvalue weighted by Gasteiger charge is 2.31. The van der Waals surface area contributed by atoms with Gasteiger partial charge in [-0.15, -0.1) is 0 Å². The number of benzene rings is 2. The average molecular weight is 422 g/mol. The number of aryl methyl sites for hydroxylation is 1.